The quantitative estimate of drug-likeness (QED) is 0.344. The Bertz CT molecular complexity index is 1240. The van der Waals surface area contributed by atoms with E-state index in [1.54, 1.807) is 30.3 Å². The van der Waals surface area contributed by atoms with E-state index in [1.165, 1.54) is 6.33 Å². The Kier molecular flexibility index (Phi) is 5.17. The molecule has 10 heteroatoms. The largest absolute Gasteiger partial charge is 0.488 e. The standard InChI is InChI=1S/C20H19BN6O3/c1-12-10-27-7-3-6-15(18(22)28)17(27)16(12)19-24-11-25-20(26-19)23-9-13-4-2-5-14(8-13)21(29)30/h2-8,10-11,29-30H,9H2,1H3,(H2,22,28)(H,23,24,25,26). The highest BCUT2D eigenvalue weighted by atomic mass is 16.4. The smallest absolute Gasteiger partial charge is 0.423 e. The van der Waals surface area contributed by atoms with Crippen molar-refractivity contribution in [2.24, 2.45) is 5.73 Å². The molecule has 0 atom stereocenters. The third-order valence-corrected chi connectivity index (χ3v) is 4.75. The molecule has 0 aliphatic rings. The number of carbonyl (C=O) groups is 1. The Morgan fingerprint density at radius 1 is 1.23 bits per heavy atom. The van der Waals surface area contributed by atoms with Gasteiger partial charge in [0.25, 0.3) is 5.91 Å². The van der Waals surface area contributed by atoms with Crippen LogP contribution in [0.1, 0.15) is 21.5 Å². The summed E-state index contributed by atoms with van der Waals surface area (Å²) in [6.07, 6.45) is 5.12. The number of fused-ring (bicyclic) bond motifs is 1. The molecule has 0 fully saturated rings. The summed E-state index contributed by atoms with van der Waals surface area (Å²) in [4.78, 5) is 24.9. The Labute approximate surface area is 172 Å². The molecule has 150 valence electrons. The summed E-state index contributed by atoms with van der Waals surface area (Å²) in [6.45, 7) is 2.29. The minimum atomic E-state index is -1.53. The van der Waals surface area contributed by atoms with Gasteiger partial charge in [0.1, 0.15) is 6.33 Å². The number of carbonyl (C=O) groups excluding carboxylic acids is 1. The van der Waals surface area contributed by atoms with Crippen molar-refractivity contribution in [3.8, 4) is 11.4 Å². The van der Waals surface area contributed by atoms with Gasteiger partial charge in [-0.3, -0.25) is 4.79 Å². The van der Waals surface area contributed by atoms with E-state index in [-0.39, 0.29) is 0 Å². The molecule has 3 aromatic heterocycles. The van der Waals surface area contributed by atoms with Gasteiger partial charge in [-0.25, -0.2) is 9.97 Å². The number of primary amides is 1. The molecule has 4 rings (SSSR count). The molecule has 1 aromatic carbocycles. The van der Waals surface area contributed by atoms with Crippen LogP contribution in [0.2, 0.25) is 0 Å². The third-order valence-electron chi connectivity index (χ3n) is 4.75. The van der Waals surface area contributed by atoms with Crippen LogP contribution in [0, 0.1) is 6.92 Å². The second-order valence-electron chi connectivity index (χ2n) is 6.83. The lowest BCUT2D eigenvalue weighted by Crippen LogP contribution is -2.30. The summed E-state index contributed by atoms with van der Waals surface area (Å²) >= 11 is 0. The van der Waals surface area contributed by atoms with Gasteiger partial charge in [-0.05, 0) is 35.6 Å². The molecule has 4 aromatic rings. The molecular formula is C20H19BN6O3. The van der Waals surface area contributed by atoms with E-state index in [0.29, 0.717) is 40.4 Å². The fourth-order valence-corrected chi connectivity index (χ4v) is 3.38. The summed E-state index contributed by atoms with van der Waals surface area (Å²) in [5.74, 6) is 0.240. The number of hydrogen-bond acceptors (Lipinski definition) is 7. The van der Waals surface area contributed by atoms with Crippen molar-refractivity contribution >= 4 is 30.0 Å². The molecular weight excluding hydrogens is 383 g/mol. The first-order valence-corrected chi connectivity index (χ1v) is 9.22. The SMILES string of the molecule is Cc1cn2cccc(C(N)=O)c2c1-c1ncnc(NCc2cccc(B(O)O)c2)n1. The van der Waals surface area contributed by atoms with Crippen LogP contribution in [0.15, 0.2) is 55.1 Å². The van der Waals surface area contributed by atoms with Crippen molar-refractivity contribution in [3.63, 3.8) is 0 Å². The lowest BCUT2D eigenvalue weighted by atomic mass is 9.80. The Morgan fingerprint density at radius 2 is 2.07 bits per heavy atom. The summed E-state index contributed by atoms with van der Waals surface area (Å²) in [5, 5.41) is 21.7. The monoisotopic (exact) mass is 402 g/mol. The zero-order valence-electron chi connectivity index (χ0n) is 16.1. The molecule has 1 amide bonds. The predicted molar refractivity (Wildman–Crippen MR) is 113 cm³/mol. The van der Waals surface area contributed by atoms with Gasteiger partial charge in [-0.2, -0.15) is 4.98 Å². The molecule has 0 saturated carbocycles. The lowest BCUT2D eigenvalue weighted by molar-refractivity contribution is 0.100. The molecule has 0 spiro atoms. The molecule has 0 radical (unpaired) electrons. The maximum Gasteiger partial charge on any atom is 0.488 e. The molecule has 0 saturated heterocycles. The fourth-order valence-electron chi connectivity index (χ4n) is 3.38. The molecule has 3 heterocycles. The van der Waals surface area contributed by atoms with E-state index >= 15 is 0 Å². The summed E-state index contributed by atoms with van der Waals surface area (Å²) in [7, 11) is -1.53. The number of nitrogens with one attached hydrogen (secondary N) is 1. The van der Waals surface area contributed by atoms with Crippen LogP contribution < -0.4 is 16.5 Å². The van der Waals surface area contributed by atoms with Gasteiger partial charge in [-0.1, -0.05) is 24.3 Å². The van der Waals surface area contributed by atoms with E-state index in [0.717, 1.165) is 11.1 Å². The highest BCUT2D eigenvalue weighted by molar-refractivity contribution is 6.58. The molecule has 0 aliphatic heterocycles. The highest BCUT2D eigenvalue weighted by Gasteiger charge is 2.18. The first-order valence-electron chi connectivity index (χ1n) is 9.22. The van der Waals surface area contributed by atoms with Crippen LogP contribution in [0.5, 0.6) is 0 Å². The van der Waals surface area contributed by atoms with Crippen LogP contribution in [0.3, 0.4) is 0 Å². The maximum absolute atomic E-state index is 11.9. The number of nitrogens with two attached hydrogens (primary N) is 1. The van der Waals surface area contributed by atoms with Crippen molar-refractivity contribution in [3.05, 3.63) is 71.8 Å². The maximum atomic E-state index is 11.9. The van der Waals surface area contributed by atoms with Gasteiger partial charge in [0.2, 0.25) is 5.95 Å². The van der Waals surface area contributed by atoms with Crippen LogP contribution >= 0.6 is 0 Å². The Hall–Kier alpha value is -3.76. The highest BCUT2D eigenvalue weighted by Crippen LogP contribution is 2.29. The first kappa shape index (κ1) is 19.6. The van der Waals surface area contributed by atoms with Crippen molar-refractivity contribution in [1.29, 1.82) is 0 Å². The minimum absolute atomic E-state index is 0.352. The number of hydrogen-bond donors (Lipinski definition) is 4. The molecule has 5 N–H and O–H groups in total. The van der Waals surface area contributed by atoms with Crippen LogP contribution in [0.4, 0.5) is 5.95 Å². The molecule has 30 heavy (non-hydrogen) atoms. The first-order chi connectivity index (χ1) is 14.4. The van der Waals surface area contributed by atoms with Gasteiger partial charge in [-0.15, -0.1) is 0 Å². The number of pyridine rings is 1. The lowest BCUT2D eigenvalue weighted by Gasteiger charge is -2.08. The van der Waals surface area contributed by atoms with Gasteiger partial charge in [0, 0.05) is 24.5 Å². The summed E-state index contributed by atoms with van der Waals surface area (Å²) < 4.78 is 1.83. The third kappa shape index (κ3) is 3.73. The average molecular weight is 402 g/mol. The average Bonchev–Trinajstić information content (AvgIpc) is 3.08. The molecule has 0 aliphatic carbocycles. The number of rotatable bonds is 6. The van der Waals surface area contributed by atoms with Crippen molar-refractivity contribution in [2.45, 2.75) is 13.5 Å². The van der Waals surface area contributed by atoms with Crippen LogP contribution in [-0.4, -0.2) is 42.4 Å². The zero-order valence-corrected chi connectivity index (χ0v) is 16.1. The number of aromatic nitrogens is 4. The Morgan fingerprint density at radius 3 is 2.83 bits per heavy atom. The fraction of sp³-hybridized carbons (Fsp3) is 0.100. The van der Waals surface area contributed by atoms with Crippen molar-refractivity contribution < 1.29 is 14.8 Å². The number of aryl methyl sites for hydroxylation is 1. The van der Waals surface area contributed by atoms with Crippen LogP contribution in [-0.2, 0) is 6.54 Å². The second-order valence-corrected chi connectivity index (χ2v) is 6.83. The number of nitrogens with zero attached hydrogens (tertiary/aromatic N) is 4. The predicted octanol–water partition coefficient (Wildman–Crippen LogP) is 0.491. The van der Waals surface area contributed by atoms with Gasteiger partial charge < -0.3 is 25.5 Å². The molecule has 0 bridgehead atoms. The number of anilines is 1. The topological polar surface area (TPSA) is 139 Å². The number of amides is 1. The number of benzene rings is 1. The summed E-state index contributed by atoms with van der Waals surface area (Å²) in [5.41, 5.74) is 9.43. The molecule has 0 unspecified atom stereocenters. The van der Waals surface area contributed by atoms with E-state index in [4.69, 9.17) is 5.73 Å². The second kappa shape index (κ2) is 7.93. The van der Waals surface area contributed by atoms with Gasteiger partial charge >= 0.3 is 7.12 Å². The van der Waals surface area contributed by atoms with Gasteiger partial charge in [0.05, 0.1) is 11.1 Å². The van der Waals surface area contributed by atoms with Crippen LogP contribution in [0.25, 0.3) is 16.9 Å². The van der Waals surface area contributed by atoms with E-state index < -0.39 is 13.0 Å². The summed E-state index contributed by atoms with van der Waals surface area (Å²) in [6, 6.07) is 10.3. The molecule has 9 nitrogen and oxygen atoms in total. The Balaban J connectivity index is 1.67. The van der Waals surface area contributed by atoms with E-state index in [2.05, 4.69) is 20.3 Å². The van der Waals surface area contributed by atoms with E-state index in [9.17, 15) is 14.8 Å². The normalized spacial score (nSPS) is 10.9. The van der Waals surface area contributed by atoms with Gasteiger partial charge in [0.15, 0.2) is 5.82 Å². The van der Waals surface area contributed by atoms with Crippen molar-refractivity contribution in [2.75, 3.05) is 5.32 Å². The van der Waals surface area contributed by atoms with Crippen molar-refractivity contribution in [1.82, 2.24) is 19.4 Å². The minimum Gasteiger partial charge on any atom is -0.423 e. The van der Waals surface area contributed by atoms with E-state index in [1.807, 2.05) is 29.8 Å². The zero-order chi connectivity index (χ0) is 21.3.